The first-order valence-electron chi connectivity index (χ1n) is 2.20. The van der Waals surface area contributed by atoms with E-state index in [0.29, 0.717) is 6.67 Å². The zero-order valence-corrected chi connectivity index (χ0v) is 4.52. The molecular weight excluding hydrogens is 88.1 g/mol. The lowest BCUT2D eigenvalue weighted by Gasteiger charge is -1.87. The van der Waals surface area contributed by atoms with Gasteiger partial charge in [-0.2, -0.15) is 0 Å². The van der Waals surface area contributed by atoms with E-state index in [0.717, 1.165) is 0 Å². The van der Waals surface area contributed by atoms with Gasteiger partial charge in [-0.05, 0) is 19.3 Å². The molecule has 2 heteroatoms. The molecule has 0 saturated heterocycles. The van der Waals surface area contributed by atoms with Crippen molar-refractivity contribution in [2.75, 3.05) is 6.67 Å². The van der Waals surface area contributed by atoms with Gasteiger partial charge in [-0.1, -0.05) is 6.58 Å². The molecule has 0 aromatic carbocycles. The second kappa shape index (κ2) is 5.21. The Kier molecular flexibility index (Phi) is 4.62. The summed E-state index contributed by atoms with van der Waals surface area (Å²) in [6, 6.07) is 0. The predicted octanol–water partition coefficient (Wildman–Crippen LogP) is 0.768. The second-order valence-corrected chi connectivity index (χ2v) is 1.01. The summed E-state index contributed by atoms with van der Waals surface area (Å²) >= 11 is 0. The van der Waals surface area contributed by atoms with Crippen molar-refractivity contribution in [3.05, 3.63) is 12.8 Å². The normalized spacial score (nSPS) is 9.29. The largest absolute Gasteiger partial charge is 0.373 e. The number of nitrogens with zero attached hydrogens (tertiary/aromatic N) is 1. The van der Waals surface area contributed by atoms with Crippen LogP contribution in [0.3, 0.4) is 0 Å². The molecule has 2 nitrogen and oxygen atoms in total. The molecule has 0 spiro atoms. The van der Waals surface area contributed by atoms with Gasteiger partial charge in [-0.15, -0.1) is 0 Å². The fourth-order valence-electron chi connectivity index (χ4n) is 0.209. The molecular formula is C5H10N2. The Hall–Kier alpha value is -0.790. The number of hydrogen-bond donors (Lipinski definition) is 1. The molecule has 0 aromatic heterocycles. The minimum Gasteiger partial charge on any atom is -0.373 e. The van der Waals surface area contributed by atoms with E-state index in [-0.39, 0.29) is 0 Å². The molecule has 0 saturated carbocycles. The van der Waals surface area contributed by atoms with Crippen molar-refractivity contribution in [2.45, 2.75) is 6.92 Å². The Balaban J connectivity index is 2.82. The van der Waals surface area contributed by atoms with Gasteiger partial charge in [-0.25, -0.2) is 0 Å². The highest BCUT2D eigenvalue weighted by Gasteiger charge is 1.62. The second-order valence-electron chi connectivity index (χ2n) is 1.01. The van der Waals surface area contributed by atoms with Crippen molar-refractivity contribution in [2.24, 2.45) is 4.99 Å². The van der Waals surface area contributed by atoms with Gasteiger partial charge in [0.25, 0.3) is 0 Å². The van der Waals surface area contributed by atoms with Gasteiger partial charge < -0.3 is 5.32 Å². The van der Waals surface area contributed by atoms with Crippen molar-refractivity contribution < 1.29 is 0 Å². The Labute approximate surface area is 44.0 Å². The molecule has 0 atom stereocenters. The molecule has 0 aliphatic carbocycles. The highest BCUT2D eigenvalue weighted by molar-refractivity contribution is 5.52. The quantitative estimate of drug-likeness (QED) is 0.409. The molecule has 0 unspecified atom stereocenters. The molecule has 0 heterocycles. The summed E-state index contributed by atoms with van der Waals surface area (Å²) in [5.41, 5.74) is 0. The first-order valence-corrected chi connectivity index (χ1v) is 2.20. The van der Waals surface area contributed by atoms with Crippen molar-refractivity contribution in [3.8, 4) is 0 Å². The summed E-state index contributed by atoms with van der Waals surface area (Å²) < 4.78 is 0. The number of aliphatic imine (C=N–C) groups is 1. The van der Waals surface area contributed by atoms with Crippen LogP contribution >= 0.6 is 0 Å². The van der Waals surface area contributed by atoms with Gasteiger partial charge in [0.1, 0.15) is 6.67 Å². The number of rotatable bonds is 3. The van der Waals surface area contributed by atoms with E-state index in [4.69, 9.17) is 0 Å². The standard InChI is InChI=1S/C5H10N2/c1-3-6-5-7-4-2/h3-4,6H,1,5H2,2H3. The molecule has 0 aliphatic rings. The van der Waals surface area contributed by atoms with Crippen LogP contribution in [0, 0.1) is 0 Å². The summed E-state index contributed by atoms with van der Waals surface area (Å²) in [6.45, 7) is 5.97. The summed E-state index contributed by atoms with van der Waals surface area (Å²) in [6.07, 6.45) is 3.36. The summed E-state index contributed by atoms with van der Waals surface area (Å²) in [7, 11) is 0. The fourth-order valence-corrected chi connectivity index (χ4v) is 0.209. The van der Waals surface area contributed by atoms with Gasteiger partial charge in [0, 0.05) is 0 Å². The first kappa shape index (κ1) is 6.21. The third-order valence-corrected chi connectivity index (χ3v) is 0.509. The van der Waals surface area contributed by atoms with E-state index in [9.17, 15) is 0 Å². The van der Waals surface area contributed by atoms with Crippen LogP contribution in [-0.2, 0) is 0 Å². The Morgan fingerprint density at radius 2 is 2.57 bits per heavy atom. The molecule has 0 aliphatic heterocycles. The van der Waals surface area contributed by atoms with Crippen LogP contribution in [-0.4, -0.2) is 12.9 Å². The van der Waals surface area contributed by atoms with Gasteiger partial charge in [0.05, 0.1) is 0 Å². The molecule has 1 N–H and O–H groups in total. The number of nitrogens with one attached hydrogen (secondary N) is 1. The van der Waals surface area contributed by atoms with E-state index >= 15 is 0 Å². The van der Waals surface area contributed by atoms with Crippen LogP contribution in [0.25, 0.3) is 0 Å². The monoisotopic (exact) mass is 98.1 g/mol. The Morgan fingerprint density at radius 3 is 3.00 bits per heavy atom. The van der Waals surface area contributed by atoms with E-state index in [1.54, 1.807) is 12.4 Å². The maximum atomic E-state index is 3.85. The van der Waals surface area contributed by atoms with Gasteiger partial charge in [0.15, 0.2) is 0 Å². The smallest absolute Gasteiger partial charge is 0.106 e. The molecule has 0 bridgehead atoms. The van der Waals surface area contributed by atoms with Gasteiger partial charge in [0.2, 0.25) is 0 Å². The van der Waals surface area contributed by atoms with E-state index in [1.807, 2.05) is 6.92 Å². The molecule has 0 aromatic rings. The Bertz CT molecular complexity index is 66.5. The minimum absolute atomic E-state index is 0.639. The topological polar surface area (TPSA) is 24.4 Å². The zero-order chi connectivity index (χ0) is 5.54. The maximum absolute atomic E-state index is 3.85. The SMILES string of the molecule is C=CNCN=CC. The summed E-state index contributed by atoms with van der Waals surface area (Å²) in [4.78, 5) is 3.85. The maximum Gasteiger partial charge on any atom is 0.106 e. The van der Waals surface area contributed by atoms with E-state index < -0.39 is 0 Å². The van der Waals surface area contributed by atoms with Crippen LogP contribution in [0.4, 0.5) is 0 Å². The third-order valence-electron chi connectivity index (χ3n) is 0.509. The van der Waals surface area contributed by atoms with Gasteiger partial charge in [-0.3, -0.25) is 4.99 Å². The van der Waals surface area contributed by atoms with E-state index in [1.165, 1.54) is 0 Å². The Morgan fingerprint density at radius 1 is 1.86 bits per heavy atom. The third kappa shape index (κ3) is 5.21. The molecule has 0 rings (SSSR count). The lowest BCUT2D eigenvalue weighted by Crippen LogP contribution is -2.02. The predicted molar refractivity (Wildman–Crippen MR) is 32.4 cm³/mol. The fraction of sp³-hybridized carbons (Fsp3) is 0.400. The summed E-state index contributed by atoms with van der Waals surface area (Å²) in [5, 5.41) is 2.82. The first-order chi connectivity index (χ1) is 3.41. The molecule has 40 valence electrons. The van der Waals surface area contributed by atoms with Crippen molar-refractivity contribution in [3.63, 3.8) is 0 Å². The van der Waals surface area contributed by atoms with Crippen LogP contribution in [0.15, 0.2) is 17.8 Å². The molecule has 0 amide bonds. The molecule has 0 fully saturated rings. The number of hydrogen-bond acceptors (Lipinski definition) is 2. The summed E-state index contributed by atoms with van der Waals surface area (Å²) in [5.74, 6) is 0. The lowest BCUT2D eigenvalue weighted by atomic mass is 10.8. The van der Waals surface area contributed by atoms with Crippen LogP contribution in [0.2, 0.25) is 0 Å². The zero-order valence-electron chi connectivity index (χ0n) is 4.52. The lowest BCUT2D eigenvalue weighted by molar-refractivity contribution is 0.890. The van der Waals surface area contributed by atoms with Crippen LogP contribution in [0.1, 0.15) is 6.92 Å². The minimum atomic E-state index is 0.639. The van der Waals surface area contributed by atoms with Crippen LogP contribution in [0.5, 0.6) is 0 Å². The average molecular weight is 98.1 g/mol. The molecule has 0 radical (unpaired) electrons. The van der Waals surface area contributed by atoms with Gasteiger partial charge >= 0.3 is 0 Å². The highest BCUT2D eigenvalue weighted by atomic mass is 15.0. The average Bonchev–Trinajstić information content (AvgIpc) is 1.69. The van der Waals surface area contributed by atoms with Crippen LogP contribution < -0.4 is 5.32 Å². The highest BCUT2D eigenvalue weighted by Crippen LogP contribution is 1.58. The van der Waals surface area contributed by atoms with E-state index in [2.05, 4.69) is 16.9 Å². The van der Waals surface area contributed by atoms with Crippen molar-refractivity contribution in [1.82, 2.24) is 5.32 Å². The van der Waals surface area contributed by atoms with Crippen molar-refractivity contribution in [1.29, 1.82) is 0 Å². The molecule has 7 heavy (non-hydrogen) atoms. The van der Waals surface area contributed by atoms with Crippen molar-refractivity contribution >= 4 is 6.21 Å².